The van der Waals surface area contributed by atoms with E-state index in [1.54, 1.807) is 12.1 Å². The van der Waals surface area contributed by atoms with Gasteiger partial charge in [0.15, 0.2) is 0 Å². The van der Waals surface area contributed by atoms with E-state index >= 15 is 0 Å². The highest BCUT2D eigenvalue weighted by atomic mass is 79.9. The molecule has 0 bridgehead atoms. The van der Waals surface area contributed by atoms with E-state index in [1.807, 2.05) is 6.92 Å². The van der Waals surface area contributed by atoms with Crippen LogP contribution in [0.15, 0.2) is 22.7 Å². The molecule has 0 aliphatic heterocycles. The van der Waals surface area contributed by atoms with E-state index in [0.717, 1.165) is 25.7 Å². The van der Waals surface area contributed by atoms with Gasteiger partial charge in [-0.3, -0.25) is 4.79 Å². The van der Waals surface area contributed by atoms with Crippen molar-refractivity contribution in [3.8, 4) is 0 Å². The first kappa shape index (κ1) is 12.6. The summed E-state index contributed by atoms with van der Waals surface area (Å²) in [5, 5.41) is 2.94. The largest absolute Gasteiger partial charge is 0.347 e. The lowest BCUT2D eigenvalue weighted by Gasteiger charge is -2.25. The minimum atomic E-state index is -0.488. The molecule has 2 rings (SSSR count). The van der Waals surface area contributed by atoms with Crippen LogP contribution in [-0.2, 0) is 0 Å². The van der Waals surface area contributed by atoms with Gasteiger partial charge >= 0.3 is 0 Å². The van der Waals surface area contributed by atoms with E-state index in [4.69, 9.17) is 0 Å². The fourth-order valence-corrected chi connectivity index (χ4v) is 2.85. The molecule has 1 aromatic carbocycles. The van der Waals surface area contributed by atoms with Crippen LogP contribution in [0.25, 0.3) is 0 Å². The van der Waals surface area contributed by atoms with E-state index in [-0.39, 0.29) is 17.0 Å². The van der Waals surface area contributed by atoms with Gasteiger partial charge in [-0.1, -0.05) is 18.9 Å². The van der Waals surface area contributed by atoms with Crippen LogP contribution in [0.2, 0.25) is 0 Å². The number of nitrogens with one attached hydrogen (secondary N) is 1. The maximum atomic E-state index is 13.6. The van der Waals surface area contributed by atoms with E-state index < -0.39 is 5.82 Å². The lowest BCUT2D eigenvalue weighted by molar-refractivity contribution is 0.0903. The fourth-order valence-electron chi connectivity index (χ4n) is 2.33. The van der Waals surface area contributed by atoms with Crippen molar-refractivity contribution in [2.75, 3.05) is 0 Å². The SMILES string of the molecule is CC1(NC(=O)c2c(F)cccc2Br)CCCC1. The maximum Gasteiger partial charge on any atom is 0.255 e. The molecule has 2 nitrogen and oxygen atoms in total. The van der Waals surface area contributed by atoms with Gasteiger partial charge in [-0.05, 0) is 47.8 Å². The van der Waals surface area contributed by atoms with Crippen molar-refractivity contribution in [2.45, 2.75) is 38.1 Å². The zero-order chi connectivity index (χ0) is 12.5. The normalized spacial score (nSPS) is 18.1. The highest BCUT2D eigenvalue weighted by molar-refractivity contribution is 9.10. The second kappa shape index (κ2) is 4.77. The molecule has 1 aliphatic rings. The van der Waals surface area contributed by atoms with Crippen molar-refractivity contribution in [3.05, 3.63) is 34.1 Å². The summed E-state index contributed by atoms with van der Waals surface area (Å²) in [7, 11) is 0. The molecule has 1 saturated carbocycles. The topological polar surface area (TPSA) is 29.1 Å². The minimum Gasteiger partial charge on any atom is -0.347 e. The molecule has 17 heavy (non-hydrogen) atoms. The Morgan fingerprint density at radius 1 is 1.41 bits per heavy atom. The van der Waals surface area contributed by atoms with Crippen molar-refractivity contribution in [3.63, 3.8) is 0 Å². The van der Waals surface area contributed by atoms with Crippen LogP contribution in [0.5, 0.6) is 0 Å². The van der Waals surface area contributed by atoms with Crippen molar-refractivity contribution >= 4 is 21.8 Å². The molecule has 0 spiro atoms. The van der Waals surface area contributed by atoms with E-state index in [9.17, 15) is 9.18 Å². The highest BCUT2D eigenvalue weighted by Gasteiger charge is 2.31. The second-order valence-electron chi connectivity index (χ2n) is 4.82. The molecule has 1 fully saturated rings. The predicted octanol–water partition coefficient (Wildman–Crippen LogP) is 3.65. The molecule has 92 valence electrons. The van der Waals surface area contributed by atoms with Gasteiger partial charge < -0.3 is 5.32 Å². The van der Waals surface area contributed by atoms with Crippen LogP contribution >= 0.6 is 15.9 Å². The monoisotopic (exact) mass is 299 g/mol. The Balaban J connectivity index is 2.20. The first-order valence-electron chi connectivity index (χ1n) is 5.78. The molecule has 0 unspecified atom stereocenters. The molecule has 0 heterocycles. The molecule has 0 atom stereocenters. The minimum absolute atomic E-state index is 0.0978. The molecule has 1 aromatic rings. The first-order valence-corrected chi connectivity index (χ1v) is 6.58. The molecule has 1 aliphatic carbocycles. The average molecular weight is 300 g/mol. The summed E-state index contributed by atoms with van der Waals surface area (Å²) < 4.78 is 14.1. The van der Waals surface area contributed by atoms with Gasteiger partial charge in [-0.2, -0.15) is 0 Å². The number of amides is 1. The molecule has 0 radical (unpaired) electrons. The summed E-state index contributed by atoms with van der Waals surface area (Å²) in [6, 6.07) is 4.55. The zero-order valence-electron chi connectivity index (χ0n) is 9.72. The van der Waals surface area contributed by atoms with Gasteiger partial charge in [-0.15, -0.1) is 0 Å². The van der Waals surface area contributed by atoms with Crippen molar-refractivity contribution in [1.29, 1.82) is 0 Å². The van der Waals surface area contributed by atoms with Crippen molar-refractivity contribution in [2.24, 2.45) is 0 Å². The van der Waals surface area contributed by atoms with Crippen LogP contribution in [-0.4, -0.2) is 11.4 Å². The average Bonchev–Trinajstić information content (AvgIpc) is 2.64. The Kier molecular flexibility index (Phi) is 3.52. The first-order chi connectivity index (χ1) is 8.02. The summed E-state index contributed by atoms with van der Waals surface area (Å²) >= 11 is 3.21. The Labute approximate surface area is 109 Å². The maximum absolute atomic E-state index is 13.6. The van der Waals surface area contributed by atoms with E-state index in [2.05, 4.69) is 21.2 Å². The molecular formula is C13H15BrFNO. The Morgan fingerprint density at radius 2 is 2.06 bits per heavy atom. The number of carbonyl (C=O) groups excluding carboxylic acids is 1. The predicted molar refractivity (Wildman–Crippen MR) is 68.4 cm³/mol. The molecule has 4 heteroatoms. The number of rotatable bonds is 2. The third kappa shape index (κ3) is 2.68. The summed E-state index contributed by atoms with van der Waals surface area (Å²) in [6.45, 7) is 2.02. The van der Waals surface area contributed by atoms with Gasteiger partial charge in [-0.25, -0.2) is 4.39 Å². The van der Waals surface area contributed by atoms with Crippen LogP contribution < -0.4 is 5.32 Å². The molecule has 0 aromatic heterocycles. The second-order valence-corrected chi connectivity index (χ2v) is 5.67. The summed E-state index contributed by atoms with van der Waals surface area (Å²) in [5.41, 5.74) is -0.0839. The lowest BCUT2D eigenvalue weighted by atomic mass is 10.00. The van der Waals surface area contributed by atoms with Crippen molar-refractivity contribution in [1.82, 2.24) is 5.32 Å². The standard InChI is InChI=1S/C13H15BrFNO/c1-13(7-2-3-8-13)16-12(17)11-9(14)5-4-6-10(11)15/h4-6H,2-3,7-8H2,1H3,(H,16,17). The van der Waals surface area contributed by atoms with Gasteiger partial charge in [0.1, 0.15) is 5.82 Å². The van der Waals surface area contributed by atoms with E-state index in [1.165, 1.54) is 6.07 Å². The number of benzene rings is 1. The zero-order valence-corrected chi connectivity index (χ0v) is 11.3. The van der Waals surface area contributed by atoms with Crippen LogP contribution in [0.1, 0.15) is 43.0 Å². The number of carbonyl (C=O) groups is 1. The summed E-state index contributed by atoms with van der Waals surface area (Å²) in [5.74, 6) is -0.821. The van der Waals surface area contributed by atoms with Gasteiger partial charge in [0, 0.05) is 10.0 Å². The lowest BCUT2D eigenvalue weighted by Crippen LogP contribution is -2.44. The summed E-state index contributed by atoms with van der Waals surface area (Å²) in [6.07, 6.45) is 4.17. The Hall–Kier alpha value is -0.900. The summed E-state index contributed by atoms with van der Waals surface area (Å²) in [4.78, 5) is 12.1. The Bertz CT molecular complexity index is 421. The molecule has 1 amide bonds. The van der Waals surface area contributed by atoms with Crippen molar-refractivity contribution < 1.29 is 9.18 Å². The number of hydrogen-bond donors (Lipinski definition) is 1. The van der Waals surface area contributed by atoms with E-state index in [0.29, 0.717) is 4.47 Å². The fraction of sp³-hybridized carbons (Fsp3) is 0.462. The number of halogens is 2. The van der Waals surface area contributed by atoms with Crippen LogP contribution in [0.3, 0.4) is 0 Å². The van der Waals surface area contributed by atoms with Gasteiger partial charge in [0.05, 0.1) is 5.56 Å². The van der Waals surface area contributed by atoms with Gasteiger partial charge in [0.25, 0.3) is 5.91 Å². The Morgan fingerprint density at radius 3 is 2.65 bits per heavy atom. The molecule has 0 saturated heterocycles. The van der Waals surface area contributed by atoms with Crippen LogP contribution in [0, 0.1) is 5.82 Å². The quantitative estimate of drug-likeness (QED) is 0.887. The third-order valence-corrected chi connectivity index (χ3v) is 3.97. The molecular weight excluding hydrogens is 285 g/mol. The van der Waals surface area contributed by atoms with Gasteiger partial charge in [0.2, 0.25) is 0 Å². The number of hydrogen-bond acceptors (Lipinski definition) is 1. The molecule has 1 N–H and O–H groups in total. The smallest absolute Gasteiger partial charge is 0.255 e. The third-order valence-electron chi connectivity index (χ3n) is 3.31. The highest BCUT2D eigenvalue weighted by Crippen LogP contribution is 2.30. The van der Waals surface area contributed by atoms with Crippen LogP contribution in [0.4, 0.5) is 4.39 Å².